The molecule has 7 nitrogen and oxygen atoms in total. The van der Waals surface area contributed by atoms with E-state index in [0.717, 1.165) is 0 Å². The van der Waals surface area contributed by atoms with E-state index in [0.29, 0.717) is 30.6 Å². The summed E-state index contributed by atoms with van der Waals surface area (Å²) in [5.74, 6) is -1.36. The molecule has 8 heteroatoms. The molecule has 0 radical (unpaired) electrons. The molecule has 2 amide bonds. The number of nitrogens with zero attached hydrogens (tertiary/aromatic N) is 3. The molecule has 4 rings (SSSR count). The first kappa shape index (κ1) is 17.8. The fourth-order valence-electron chi connectivity index (χ4n) is 3.93. The third-order valence-electron chi connectivity index (χ3n) is 4.91. The minimum Gasteiger partial charge on any atom is -1.00 e. The second-order valence-corrected chi connectivity index (χ2v) is 6.18. The van der Waals surface area contributed by atoms with Gasteiger partial charge in [-0.15, -0.1) is 0 Å². The standard InChI is InChI=1S/C17H15N3O4.Na.H/c21-9-19-8-11-7-10(4-5-12-3-1-2-6-18-12)14(17(23)24)20-13(11)15(19)16(20)22;;/h1-6,9,11,13,15H,7-8H2,(H,23,24);;/q;+1;-1/b5-4+;;/t11-,13-,15+;;/m1../s1. The molecule has 1 aromatic rings. The summed E-state index contributed by atoms with van der Waals surface area (Å²) in [6, 6.07) is 4.76. The normalized spacial score (nSPS) is 27.0. The van der Waals surface area contributed by atoms with E-state index in [1.54, 1.807) is 24.4 Å². The van der Waals surface area contributed by atoms with Gasteiger partial charge in [-0.2, -0.15) is 0 Å². The molecule has 2 saturated heterocycles. The van der Waals surface area contributed by atoms with Crippen LogP contribution < -0.4 is 29.6 Å². The molecule has 1 N–H and O–H groups in total. The van der Waals surface area contributed by atoms with E-state index in [9.17, 15) is 19.5 Å². The maximum absolute atomic E-state index is 12.3. The predicted molar refractivity (Wildman–Crippen MR) is 84.3 cm³/mol. The number of amides is 2. The zero-order valence-corrected chi connectivity index (χ0v) is 15.7. The summed E-state index contributed by atoms with van der Waals surface area (Å²) in [7, 11) is 0. The van der Waals surface area contributed by atoms with E-state index in [1.807, 2.05) is 12.1 Å². The number of hydrogen-bond acceptors (Lipinski definition) is 4. The van der Waals surface area contributed by atoms with Crippen molar-refractivity contribution >= 4 is 24.4 Å². The molecule has 0 unspecified atom stereocenters. The van der Waals surface area contributed by atoms with Gasteiger partial charge < -0.3 is 11.4 Å². The van der Waals surface area contributed by atoms with E-state index in [1.165, 1.54) is 9.80 Å². The SMILES string of the molecule is O=CN1C[C@H]2CC(/C=C/c3ccccn3)=C(C(=O)O)N3C(=O)[C@@H]1[C@@H]23.[H-].[Na+]. The number of carboxylic acids is 1. The number of likely N-dealkylation sites (tertiary alicyclic amines) is 1. The van der Waals surface area contributed by atoms with Crippen molar-refractivity contribution in [1.82, 2.24) is 14.8 Å². The number of hydrogen-bond donors (Lipinski definition) is 1. The second-order valence-electron chi connectivity index (χ2n) is 6.18. The maximum Gasteiger partial charge on any atom is 1.00 e. The molecule has 4 heterocycles. The van der Waals surface area contributed by atoms with Crippen LogP contribution in [0, 0.1) is 5.92 Å². The van der Waals surface area contributed by atoms with Crippen LogP contribution in [-0.2, 0) is 14.4 Å². The van der Waals surface area contributed by atoms with Crippen LogP contribution in [0.2, 0.25) is 0 Å². The van der Waals surface area contributed by atoms with Gasteiger partial charge in [-0.05, 0) is 30.2 Å². The Balaban J connectivity index is 0.00000121. The molecule has 0 aromatic carbocycles. The molecule has 0 spiro atoms. The average Bonchev–Trinajstić information content (AvgIpc) is 2.95. The number of carboxylic acid groups (broad SMARTS) is 1. The molecule has 0 aliphatic carbocycles. The Labute approximate surface area is 167 Å². The molecule has 2 fully saturated rings. The third-order valence-corrected chi connectivity index (χ3v) is 4.91. The number of carbonyl (C=O) groups excluding carboxylic acids is 2. The topological polar surface area (TPSA) is 90.8 Å². The Morgan fingerprint density at radius 3 is 2.80 bits per heavy atom. The van der Waals surface area contributed by atoms with Gasteiger partial charge >= 0.3 is 35.5 Å². The smallest absolute Gasteiger partial charge is 1.00 e. The molecule has 3 aliphatic rings. The zero-order chi connectivity index (χ0) is 16.8. The molecule has 0 bridgehead atoms. The van der Waals surface area contributed by atoms with Crippen LogP contribution in [0.4, 0.5) is 0 Å². The van der Waals surface area contributed by atoms with Gasteiger partial charge in [0.05, 0.1) is 11.7 Å². The summed E-state index contributed by atoms with van der Waals surface area (Å²) >= 11 is 0. The number of aliphatic carboxylic acids is 1. The molecular formula is C17H16N3NaO4. The predicted octanol–water partition coefficient (Wildman–Crippen LogP) is -2.38. The Kier molecular flexibility index (Phi) is 4.81. The second kappa shape index (κ2) is 6.74. The fraction of sp³-hybridized carbons (Fsp3) is 0.294. The number of β-lactam (4-membered cyclic amide) rings is 1. The Hall–Kier alpha value is -1.96. The van der Waals surface area contributed by atoms with Crippen molar-refractivity contribution < 1.29 is 50.5 Å². The summed E-state index contributed by atoms with van der Waals surface area (Å²) < 4.78 is 0. The summed E-state index contributed by atoms with van der Waals surface area (Å²) in [6.07, 6.45) is 6.33. The van der Waals surface area contributed by atoms with Crippen molar-refractivity contribution in [2.75, 3.05) is 6.54 Å². The van der Waals surface area contributed by atoms with Gasteiger partial charge in [0, 0.05) is 18.7 Å². The minimum absolute atomic E-state index is 0. The fourth-order valence-corrected chi connectivity index (χ4v) is 3.93. The summed E-state index contributed by atoms with van der Waals surface area (Å²) in [5, 5.41) is 9.58. The quantitative estimate of drug-likeness (QED) is 0.373. The first-order valence-corrected chi connectivity index (χ1v) is 7.71. The number of pyridine rings is 1. The van der Waals surface area contributed by atoms with Crippen molar-refractivity contribution in [2.24, 2.45) is 5.92 Å². The van der Waals surface area contributed by atoms with Crippen molar-refractivity contribution in [2.45, 2.75) is 18.5 Å². The van der Waals surface area contributed by atoms with E-state index in [-0.39, 0.29) is 54.5 Å². The molecule has 25 heavy (non-hydrogen) atoms. The molecule has 3 atom stereocenters. The van der Waals surface area contributed by atoms with Gasteiger partial charge in [0.15, 0.2) is 0 Å². The Bertz CT molecular complexity index is 798. The average molecular weight is 349 g/mol. The van der Waals surface area contributed by atoms with Crippen molar-refractivity contribution in [3.05, 3.63) is 47.4 Å². The summed E-state index contributed by atoms with van der Waals surface area (Å²) in [4.78, 5) is 42.2. The number of rotatable bonds is 4. The van der Waals surface area contributed by atoms with Crippen LogP contribution in [0.1, 0.15) is 13.5 Å². The van der Waals surface area contributed by atoms with Gasteiger partial charge in [0.1, 0.15) is 11.7 Å². The monoisotopic (exact) mass is 349 g/mol. The van der Waals surface area contributed by atoms with Gasteiger partial charge in [-0.25, -0.2) is 4.79 Å². The van der Waals surface area contributed by atoms with E-state index >= 15 is 0 Å². The van der Waals surface area contributed by atoms with Gasteiger partial charge in [-0.3, -0.25) is 19.5 Å². The summed E-state index contributed by atoms with van der Waals surface area (Å²) in [6.45, 7) is 0.481. The van der Waals surface area contributed by atoms with Crippen LogP contribution in [0.25, 0.3) is 6.08 Å². The Morgan fingerprint density at radius 2 is 2.16 bits per heavy atom. The van der Waals surface area contributed by atoms with Gasteiger partial charge in [-0.1, -0.05) is 12.1 Å². The van der Waals surface area contributed by atoms with Crippen LogP contribution >= 0.6 is 0 Å². The third kappa shape index (κ3) is 2.72. The van der Waals surface area contributed by atoms with Crippen LogP contribution in [-0.4, -0.2) is 56.8 Å². The zero-order valence-electron chi connectivity index (χ0n) is 14.7. The van der Waals surface area contributed by atoms with Gasteiger partial charge in [0.25, 0.3) is 5.91 Å². The molecule has 3 aliphatic heterocycles. The van der Waals surface area contributed by atoms with Crippen LogP contribution in [0.15, 0.2) is 41.7 Å². The minimum atomic E-state index is -1.12. The van der Waals surface area contributed by atoms with E-state index in [4.69, 9.17) is 0 Å². The van der Waals surface area contributed by atoms with Crippen molar-refractivity contribution in [1.29, 1.82) is 0 Å². The first-order chi connectivity index (χ1) is 11.6. The van der Waals surface area contributed by atoms with E-state index < -0.39 is 12.0 Å². The van der Waals surface area contributed by atoms with Gasteiger partial charge in [0.2, 0.25) is 6.41 Å². The molecule has 124 valence electrons. The van der Waals surface area contributed by atoms with Crippen molar-refractivity contribution in [3.63, 3.8) is 0 Å². The molecular weight excluding hydrogens is 333 g/mol. The van der Waals surface area contributed by atoms with Crippen LogP contribution in [0.3, 0.4) is 0 Å². The number of allylic oxidation sites excluding steroid dienone is 2. The first-order valence-electron chi connectivity index (χ1n) is 7.71. The van der Waals surface area contributed by atoms with Crippen molar-refractivity contribution in [3.8, 4) is 0 Å². The number of carbonyl (C=O) groups is 3. The molecule has 1 aromatic heterocycles. The Morgan fingerprint density at radius 1 is 1.36 bits per heavy atom. The molecule has 0 saturated carbocycles. The summed E-state index contributed by atoms with van der Waals surface area (Å²) in [5.41, 5.74) is 1.33. The van der Waals surface area contributed by atoms with E-state index in [2.05, 4.69) is 4.98 Å². The number of aromatic nitrogens is 1. The largest absolute Gasteiger partial charge is 1.00 e. The van der Waals surface area contributed by atoms with Crippen LogP contribution in [0.5, 0.6) is 0 Å². The maximum atomic E-state index is 12.3.